The van der Waals surface area contributed by atoms with Gasteiger partial charge in [-0.2, -0.15) is 0 Å². The molecule has 0 saturated heterocycles. The number of benzene rings is 1. The molecule has 0 spiro atoms. The average Bonchev–Trinajstić information content (AvgIpc) is 1.96. The van der Waals surface area contributed by atoms with Crippen molar-refractivity contribution >= 4 is 15.1 Å². The molecule has 1 aromatic rings. The van der Waals surface area contributed by atoms with Crippen LogP contribution >= 0.6 is 15.1 Å². The van der Waals surface area contributed by atoms with Crippen LogP contribution in [0.3, 0.4) is 0 Å². The van der Waals surface area contributed by atoms with Gasteiger partial charge in [0.25, 0.3) is 0 Å². The molecule has 0 aliphatic carbocycles. The van der Waals surface area contributed by atoms with Gasteiger partial charge < -0.3 is 0 Å². The third-order valence-corrected chi connectivity index (χ3v) is 2.88. The summed E-state index contributed by atoms with van der Waals surface area (Å²) in [7, 11) is -5.17. The Morgan fingerprint density at radius 2 is 1.81 bits per heavy atom. The van der Waals surface area contributed by atoms with E-state index < -0.39 is 15.1 Å². The minimum atomic E-state index is -2.60. The van der Waals surface area contributed by atoms with E-state index in [0.29, 0.717) is 11.5 Å². The van der Waals surface area contributed by atoms with Crippen LogP contribution in [0.25, 0.3) is 0 Å². The molecule has 16 heavy (non-hydrogen) atoms. The fourth-order valence-corrected chi connectivity index (χ4v) is 2.46. The molecule has 1 N–H and O–H groups in total. The third-order valence-electron chi connectivity index (χ3n) is 1.50. The zero-order valence-corrected chi connectivity index (χ0v) is 11.8. The molecule has 1 rings (SSSR count). The van der Waals surface area contributed by atoms with Gasteiger partial charge in [0, 0.05) is 0 Å². The van der Waals surface area contributed by atoms with Gasteiger partial charge in [0.05, 0.1) is 0 Å². The van der Waals surface area contributed by atoms with Crippen LogP contribution in [0.15, 0.2) is 24.3 Å². The molecular weight excluding hydrogens is 246 g/mol. The second kappa shape index (κ2) is 4.75. The Morgan fingerprint density at radius 1 is 1.25 bits per heavy atom. The Bertz CT molecular complexity index is 406. The van der Waals surface area contributed by atoms with Crippen LogP contribution in [0.1, 0.15) is 0 Å². The van der Waals surface area contributed by atoms with Crippen LogP contribution in [-0.4, -0.2) is 31.6 Å². The molecule has 0 radical (unpaired) electrons. The average molecular weight is 264 g/mol. The molecule has 92 valence electrons. The number of hydrogen-bond donors (Lipinski definition) is 1. The monoisotopic (exact) mass is 264 g/mol. The van der Waals surface area contributed by atoms with E-state index in [0.717, 1.165) is 0 Å². The van der Waals surface area contributed by atoms with Crippen LogP contribution in [0.5, 0.6) is 11.5 Å². The van der Waals surface area contributed by atoms with Crippen molar-refractivity contribution in [3.8, 4) is 11.5 Å². The normalized spacial score (nSPS) is 13.3. The van der Waals surface area contributed by atoms with Crippen molar-refractivity contribution in [2.45, 2.75) is 0 Å². The first-order valence-electron chi connectivity index (χ1n) is 4.92. The van der Waals surface area contributed by atoms with E-state index >= 15 is 0 Å². The van der Waals surface area contributed by atoms with Gasteiger partial charge in [0.15, 0.2) is 0 Å². The molecule has 0 bridgehead atoms. The van der Waals surface area contributed by atoms with Crippen molar-refractivity contribution in [1.29, 1.82) is 0 Å². The van der Waals surface area contributed by atoms with Crippen LogP contribution in [0, 0.1) is 0 Å². The van der Waals surface area contributed by atoms with Gasteiger partial charge in [-0.05, 0) is 0 Å². The van der Waals surface area contributed by atoms with E-state index in [1.807, 2.05) is 0 Å². The van der Waals surface area contributed by atoms with Crippen molar-refractivity contribution in [1.82, 2.24) is 0 Å². The van der Waals surface area contributed by atoms with E-state index in [1.165, 1.54) is 0 Å². The third kappa shape index (κ3) is 5.50. The first-order valence-corrected chi connectivity index (χ1v) is 10.3. The molecule has 4 nitrogen and oxygen atoms in total. The Kier molecular flexibility index (Phi) is 4.01. The molecule has 0 fully saturated rings. The van der Waals surface area contributed by atoms with Gasteiger partial charge in [-0.15, -0.1) is 0 Å². The zero-order chi connectivity index (χ0) is 12.4. The molecule has 1 aromatic carbocycles. The van der Waals surface area contributed by atoms with Gasteiger partial charge in [0.1, 0.15) is 0 Å². The summed E-state index contributed by atoms with van der Waals surface area (Å²) in [5, 5.41) is 0. The molecule has 0 atom stereocenters. The minimum absolute atomic E-state index is 0.490. The molecule has 0 aliphatic heterocycles. The zero-order valence-electron chi connectivity index (χ0n) is 9.93. The van der Waals surface area contributed by atoms with Gasteiger partial charge in [-0.3, -0.25) is 0 Å². The van der Waals surface area contributed by atoms with Crippen molar-refractivity contribution in [2.75, 3.05) is 26.7 Å². The van der Waals surface area contributed by atoms with Crippen molar-refractivity contribution in [3.63, 3.8) is 0 Å². The van der Waals surface area contributed by atoms with E-state index in [2.05, 4.69) is 0 Å². The van der Waals surface area contributed by atoms with Crippen molar-refractivity contribution in [2.24, 2.45) is 0 Å². The standard InChI is InChI=1S/C10H18O4P2/c1-15(2,11)13-9-6-5-7-10(8-9)14-16(3,4)12/h5-8,11,15H,1-4H3. The van der Waals surface area contributed by atoms with Crippen LogP contribution < -0.4 is 9.05 Å². The quantitative estimate of drug-likeness (QED) is 0.849. The molecule has 0 unspecified atom stereocenters. The van der Waals surface area contributed by atoms with Gasteiger partial charge in [0.2, 0.25) is 0 Å². The van der Waals surface area contributed by atoms with E-state index in [9.17, 15) is 9.46 Å². The summed E-state index contributed by atoms with van der Waals surface area (Å²) in [6.45, 7) is 6.44. The van der Waals surface area contributed by atoms with E-state index in [-0.39, 0.29) is 0 Å². The number of rotatable bonds is 4. The summed E-state index contributed by atoms with van der Waals surface area (Å²) in [6.07, 6.45) is 0. The number of hydrogen-bond acceptors (Lipinski definition) is 4. The van der Waals surface area contributed by atoms with E-state index in [1.54, 1.807) is 50.9 Å². The SMILES string of the molecule is CP(C)(=O)Oc1cccc(O[PH](C)(C)O)c1. The molecule has 0 aliphatic rings. The topological polar surface area (TPSA) is 55.8 Å². The van der Waals surface area contributed by atoms with Crippen molar-refractivity contribution in [3.05, 3.63) is 24.3 Å². The molecule has 6 heteroatoms. The summed E-state index contributed by atoms with van der Waals surface area (Å²) >= 11 is 0. The van der Waals surface area contributed by atoms with Gasteiger partial charge >= 0.3 is 96.0 Å². The predicted molar refractivity (Wildman–Crippen MR) is 69.5 cm³/mol. The summed E-state index contributed by atoms with van der Waals surface area (Å²) in [5.41, 5.74) is 0. The predicted octanol–water partition coefficient (Wildman–Crippen LogP) is 2.81. The molecule has 0 aromatic heterocycles. The molecule has 0 heterocycles. The maximum atomic E-state index is 11.5. The van der Waals surface area contributed by atoms with Gasteiger partial charge in [-0.1, -0.05) is 0 Å². The Hall–Kier alpha value is -0.560. The first kappa shape index (κ1) is 13.5. The summed E-state index contributed by atoms with van der Waals surface area (Å²) in [5.74, 6) is 1.02. The Morgan fingerprint density at radius 3 is 2.31 bits per heavy atom. The molecular formula is C10H18O4P2. The second-order valence-corrected chi connectivity index (χ2v) is 10.2. The van der Waals surface area contributed by atoms with Gasteiger partial charge in [-0.25, -0.2) is 0 Å². The fourth-order valence-electron chi connectivity index (χ4n) is 1.14. The maximum absolute atomic E-state index is 11.5. The van der Waals surface area contributed by atoms with Crippen LogP contribution in [0.4, 0.5) is 0 Å². The Labute approximate surface area is 96.5 Å². The second-order valence-electron chi connectivity index (χ2n) is 4.37. The first-order chi connectivity index (χ1) is 7.16. The van der Waals surface area contributed by atoms with Crippen molar-refractivity contribution < 1.29 is 18.5 Å². The van der Waals surface area contributed by atoms with Crippen LogP contribution in [-0.2, 0) is 4.57 Å². The summed E-state index contributed by atoms with van der Waals surface area (Å²) in [4.78, 5) is 9.62. The fraction of sp³-hybridized carbons (Fsp3) is 0.400. The molecule has 0 saturated carbocycles. The molecule has 0 amide bonds. The van der Waals surface area contributed by atoms with E-state index in [4.69, 9.17) is 9.05 Å². The summed E-state index contributed by atoms with van der Waals surface area (Å²) in [6, 6.07) is 6.80. The summed E-state index contributed by atoms with van der Waals surface area (Å²) < 4.78 is 22.1. The van der Waals surface area contributed by atoms with Crippen LogP contribution in [0.2, 0.25) is 0 Å². The Balaban J connectivity index is 2.83.